The van der Waals surface area contributed by atoms with Gasteiger partial charge in [0.05, 0.1) is 12.7 Å². The van der Waals surface area contributed by atoms with Crippen molar-refractivity contribution in [1.29, 1.82) is 0 Å². The number of thiocarbonyl (C=S) groups is 1. The summed E-state index contributed by atoms with van der Waals surface area (Å²) in [5, 5.41) is 0. The van der Waals surface area contributed by atoms with Crippen LogP contribution in [0.5, 0.6) is 0 Å². The zero-order valence-electron chi connectivity index (χ0n) is 14.4. The van der Waals surface area contributed by atoms with E-state index in [0.717, 1.165) is 25.3 Å². The zero-order chi connectivity index (χ0) is 18.6. The van der Waals surface area contributed by atoms with E-state index < -0.39 is 23.8 Å². The predicted molar refractivity (Wildman–Crippen MR) is 93.5 cm³/mol. The number of rotatable bonds is 6. The summed E-state index contributed by atoms with van der Waals surface area (Å²) in [6.45, 7) is 2.55. The lowest BCUT2D eigenvalue weighted by Gasteiger charge is -2.40. The minimum absolute atomic E-state index is 0.257. The van der Waals surface area contributed by atoms with Crippen molar-refractivity contribution in [3.63, 3.8) is 0 Å². The Hall–Kier alpha value is -1.63. The Morgan fingerprint density at radius 2 is 2.08 bits per heavy atom. The molecule has 2 rings (SSSR count). The van der Waals surface area contributed by atoms with Gasteiger partial charge >= 0.3 is 12.1 Å². The number of benzene rings is 1. The van der Waals surface area contributed by atoms with Crippen molar-refractivity contribution in [1.82, 2.24) is 4.90 Å². The van der Waals surface area contributed by atoms with Gasteiger partial charge in [-0.1, -0.05) is 44.1 Å². The number of esters is 1. The summed E-state index contributed by atoms with van der Waals surface area (Å²) in [7, 11) is 1.29. The quantitative estimate of drug-likeness (QED) is 0.421. The number of nitrogens with zero attached hydrogens (tertiary/aromatic N) is 1. The molecule has 0 unspecified atom stereocenters. The summed E-state index contributed by atoms with van der Waals surface area (Å²) in [6.07, 6.45) is -0.874. The van der Waals surface area contributed by atoms with Gasteiger partial charge in [-0.3, -0.25) is 0 Å². The molecule has 1 saturated heterocycles. The lowest BCUT2D eigenvalue weighted by atomic mass is 9.96. The van der Waals surface area contributed by atoms with Crippen LogP contribution in [-0.2, 0) is 22.1 Å². The van der Waals surface area contributed by atoms with Crippen LogP contribution >= 0.6 is 12.2 Å². The van der Waals surface area contributed by atoms with Crippen LogP contribution in [0.1, 0.15) is 49.3 Å². The SMILES string of the molecule is CCCCCc1ccc(C(=S)N2CC[C@@H]2C(=O)OC)cc1C(F)(F)F. The number of carbonyl (C=O) groups excluding carboxylic acids is 1. The number of carbonyl (C=O) groups is 1. The Kier molecular flexibility index (Phi) is 6.43. The molecular weight excluding hydrogens is 351 g/mol. The lowest BCUT2D eigenvalue weighted by Crippen LogP contribution is -2.55. The fourth-order valence-electron chi connectivity index (χ4n) is 2.93. The van der Waals surface area contributed by atoms with Gasteiger partial charge in [0.15, 0.2) is 0 Å². The molecule has 1 aromatic rings. The molecule has 138 valence electrons. The number of likely N-dealkylation sites (tertiary alicyclic amines) is 1. The number of ether oxygens (including phenoxy) is 1. The Bertz CT molecular complexity index is 646. The molecule has 0 aromatic heterocycles. The summed E-state index contributed by atoms with van der Waals surface area (Å²) in [5.41, 5.74) is -0.0330. The monoisotopic (exact) mass is 373 g/mol. The van der Waals surface area contributed by atoms with Gasteiger partial charge in [-0.2, -0.15) is 13.2 Å². The minimum Gasteiger partial charge on any atom is -0.467 e. The standard InChI is InChI=1S/C18H22F3NO2S/c1-3-4-5-6-12-7-8-13(11-14(12)18(19,20)21)16(25)22-10-9-15(22)17(23)24-2/h7-8,11,15H,3-6,9-10H2,1-2H3/t15-/m1/s1. The maximum absolute atomic E-state index is 13.4. The van der Waals surface area contributed by atoms with Gasteiger partial charge in [-0.25, -0.2) is 4.79 Å². The molecule has 25 heavy (non-hydrogen) atoms. The second kappa shape index (κ2) is 8.17. The van der Waals surface area contributed by atoms with Crippen molar-refractivity contribution in [3.05, 3.63) is 34.9 Å². The first-order chi connectivity index (χ1) is 11.8. The summed E-state index contributed by atoms with van der Waals surface area (Å²) >= 11 is 5.32. The molecule has 0 bridgehead atoms. The Morgan fingerprint density at radius 1 is 1.36 bits per heavy atom. The van der Waals surface area contributed by atoms with Crippen LogP contribution in [0.3, 0.4) is 0 Å². The zero-order valence-corrected chi connectivity index (χ0v) is 15.2. The summed E-state index contributed by atoms with van der Waals surface area (Å²) in [5.74, 6) is -0.416. The van der Waals surface area contributed by atoms with E-state index in [-0.39, 0.29) is 4.99 Å². The topological polar surface area (TPSA) is 29.5 Å². The number of hydrogen-bond donors (Lipinski definition) is 0. The number of hydrogen-bond acceptors (Lipinski definition) is 3. The molecule has 1 aliphatic heterocycles. The average Bonchev–Trinajstić information content (AvgIpc) is 2.53. The van der Waals surface area contributed by atoms with Gasteiger partial charge in [0.2, 0.25) is 0 Å². The Balaban J connectivity index is 2.24. The average molecular weight is 373 g/mol. The highest BCUT2D eigenvalue weighted by atomic mass is 32.1. The number of halogens is 3. The van der Waals surface area contributed by atoms with Crippen LogP contribution in [0.25, 0.3) is 0 Å². The molecule has 0 spiro atoms. The minimum atomic E-state index is -4.43. The van der Waals surface area contributed by atoms with Crippen molar-refractivity contribution >= 4 is 23.2 Å². The molecule has 1 fully saturated rings. The molecule has 0 aliphatic carbocycles. The van der Waals surface area contributed by atoms with Gasteiger partial charge < -0.3 is 9.64 Å². The van der Waals surface area contributed by atoms with E-state index in [9.17, 15) is 18.0 Å². The molecule has 7 heteroatoms. The van der Waals surface area contributed by atoms with Crippen LogP contribution in [0, 0.1) is 0 Å². The van der Waals surface area contributed by atoms with Crippen LogP contribution < -0.4 is 0 Å². The Labute approximate surface area is 151 Å². The molecule has 1 aromatic carbocycles. The third-order valence-corrected chi connectivity index (χ3v) is 4.94. The molecule has 1 atom stereocenters. The number of unbranched alkanes of at least 4 members (excludes halogenated alkanes) is 2. The fraction of sp³-hybridized carbons (Fsp3) is 0.556. The van der Waals surface area contributed by atoms with Crippen LogP contribution in [0.2, 0.25) is 0 Å². The van der Waals surface area contributed by atoms with Crippen molar-refractivity contribution in [2.24, 2.45) is 0 Å². The van der Waals surface area contributed by atoms with Gasteiger partial charge in [0.25, 0.3) is 0 Å². The highest BCUT2D eigenvalue weighted by molar-refractivity contribution is 7.80. The van der Waals surface area contributed by atoms with E-state index in [1.165, 1.54) is 13.2 Å². The summed E-state index contributed by atoms with van der Waals surface area (Å²) in [4.78, 5) is 13.5. The smallest absolute Gasteiger partial charge is 0.416 e. The number of alkyl halides is 3. The fourth-order valence-corrected chi connectivity index (χ4v) is 3.28. The summed E-state index contributed by atoms with van der Waals surface area (Å²) in [6, 6.07) is 3.73. The van der Waals surface area contributed by atoms with Crippen LogP contribution in [-0.4, -0.2) is 35.6 Å². The molecule has 0 saturated carbocycles. The molecule has 1 heterocycles. The molecule has 0 amide bonds. The maximum atomic E-state index is 13.4. The van der Waals surface area contributed by atoms with Crippen molar-refractivity contribution in [2.75, 3.05) is 13.7 Å². The second-order valence-corrected chi connectivity index (χ2v) is 6.54. The van der Waals surface area contributed by atoms with E-state index in [2.05, 4.69) is 0 Å². The van der Waals surface area contributed by atoms with Crippen molar-refractivity contribution < 1.29 is 22.7 Å². The normalized spacial score (nSPS) is 17.2. The molecule has 3 nitrogen and oxygen atoms in total. The second-order valence-electron chi connectivity index (χ2n) is 6.15. The third kappa shape index (κ3) is 4.51. The van der Waals surface area contributed by atoms with E-state index >= 15 is 0 Å². The van der Waals surface area contributed by atoms with E-state index in [4.69, 9.17) is 17.0 Å². The van der Waals surface area contributed by atoms with Gasteiger partial charge in [0.1, 0.15) is 11.0 Å². The van der Waals surface area contributed by atoms with Crippen molar-refractivity contribution in [2.45, 2.75) is 51.2 Å². The molecule has 0 N–H and O–H groups in total. The first-order valence-electron chi connectivity index (χ1n) is 8.38. The lowest BCUT2D eigenvalue weighted by molar-refractivity contribution is -0.148. The van der Waals surface area contributed by atoms with Crippen molar-refractivity contribution in [3.8, 4) is 0 Å². The largest absolute Gasteiger partial charge is 0.467 e. The van der Waals surface area contributed by atoms with E-state index in [1.54, 1.807) is 11.0 Å². The first-order valence-corrected chi connectivity index (χ1v) is 8.79. The van der Waals surface area contributed by atoms with Crippen LogP contribution in [0.4, 0.5) is 13.2 Å². The Morgan fingerprint density at radius 3 is 2.60 bits per heavy atom. The third-order valence-electron chi connectivity index (χ3n) is 4.47. The van der Waals surface area contributed by atoms with E-state index in [1.807, 2.05) is 6.92 Å². The van der Waals surface area contributed by atoms with Gasteiger partial charge in [-0.05, 0) is 30.9 Å². The highest BCUT2D eigenvalue weighted by Crippen LogP contribution is 2.34. The summed E-state index contributed by atoms with van der Waals surface area (Å²) < 4.78 is 45.0. The predicted octanol–water partition coefficient (Wildman–Crippen LogP) is 4.36. The number of methoxy groups -OCH3 is 1. The highest BCUT2D eigenvalue weighted by Gasteiger charge is 2.38. The molecule has 0 radical (unpaired) electrons. The van der Waals surface area contributed by atoms with Gasteiger partial charge in [-0.15, -0.1) is 0 Å². The van der Waals surface area contributed by atoms with Gasteiger partial charge in [0, 0.05) is 12.1 Å². The van der Waals surface area contributed by atoms with E-state index in [0.29, 0.717) is 30.5 Å². The molecular formula is C18H22F3NO2S. The number of aryl methyl sites for hydroxylation is 1. The molecule has 1 aliphatic rings. The maximum Gasteiger partial charge on any atom is 0.416 e. The first kappa shape index (κ1) is 19.7. The van der Waals surface area contributed by atoms with Crippen LogP contribution in [0.15, 0.2) is 18.2 Å².